The highest BCUT2D eigenvalue weighted by molar-refractivity contribution is 14.0. The van der Waals surface area contributed by atoms with Gasteiger partial charge >= 0.3 is 0 Å². The van der Waals surface area contributed by atoms with Crippen LogP contribution in [0.5, 0.6) is 5.75 Å². The number of nitrogens with one attached hydrogen (secondary N) is 2. The maximum absolute atomic E-state index is 5.36. The van der Waals surface area contributed by atoms with Crippen molar-refractivity contribution >= 4 is 29.9 Å². The van der Waals surface area contributed by atoms with Crippen molar-refractivity contribution < 1.29 is 9.47 Å². The average Bonchev–Trinajstić information content (AvgIpc) is 2.58. The molecule has 0 unspecified atom stereocenters. The van der Waals surface area contributed by atoms with Crippen LogP contribution in [-0.2, 0) is 11.2 Å². The van der Waals surface area contributed by atoms with Gasteiger partial charge in [0.2, 0.25) is 0 Å². The number of hydrogen-bond acceptors (Lipinski definition) is 4. The predicted octanol–water partition coefficient (Wildman–Crippen LogP) is 1.60. The number of guanidine groups is 1. The van der Waals surface area contributed by atoms with E-state index in [0.717, 1.165) is 50.9 Å². The van der Waals surface area contributed by atoms with Crippen molar-refractivity contribution in [1.29, 1.82) is 0 Å². The van der Waals surface area contributed by atoms with Crippen LogP contribution in [0.15, 0.2) is 29.3 Å². The second-order valence-corrected chi connectivity index (χ2v) is 5.28. The molecule has 0 amide bonds. The molecule has 0 bridgehead atoms. The third-order valence-electron chi connectivity index (χ3n) is 3.57. The zero-order valence-corrected chi connectivity index (χ0v) is 17.5. The molecular weight excluding hydrogens is 419 g/mol. The second kappa shape index (κ2) is 14.3. The maximum Gasteiger partial charge on any atom is 0.191 e. The summed E-state index contributed by atoms with van der Waals surface area (Å²) in [5.74, 6) is 1.75. The molecule has 1 rings (SSSR count). The summed E-state index contributed by atoms with van der Waals surface area (Å²) in [6.07, 6.45) is 0.887. The first-order valence-electron chi connectivity index (χ1n) is 7.95. The minimum Gasteiger partial charge on any atom is -0.496 e. The molecule has 7 heteroatoms. The van der Waals surface area contributed by atoms with Gasteiger partial charge in [0.1, 0.15) is 5.75 Å². The van der Waals surface area contributed by atoms with Gasteiger partial charge in [-0.15, -0.1) is 24.0 Å². The van der Waals surface area contributed by atoms with Gasteiger partial charge in [0.15, 0.2) is 5.96 Å². The quantitative estimate of drug-likeness (QED) is 0.322. The summed E-state index contributed by atoms with van der Waals surface area (Å²) in [4.78, 5) is 6.46. The molecule has 0 fully saturated rings. The number of halogens is 1. The van der Waals surface area contributed by atoms with E-state index in [1.165, 1.54) is 5.56 Å². The van der Waals surface area contributed by atoms with Crippen molar-refractivity contribution in [3.8, 4) is 5.75 Å². The van der Waals surface area contributed by atoms with Gasteiger partial charge in [-0.05, 0) is 25.1 Å². The number of benzene rings is 1. The van der Waals surface area contributed by atoms with Crippen molar-refractivity contribution in [2.45, 2.75) is 6.42 Å². The second-order valence-electron chi connectivity index (χ2n) is 5.28. The molecule has 1 aromatic rings. The van der Waals surface area contributed by atoms with Gasteiger partial charge in [-0.1, -0.05) is 18.2 Å². The Kier molecular flexibility index (Phi) is 13.7. The van der Waals surface area contributed by atoms with Crippen LogP contribution in [0.4, 0.5) is 0 Å². The van der Waals surface area contributed by atoms with E-state index in [0.29, 0.717) is 0 Å². The molecule has 0 heterocycles. The van der Waals surface area contributed by atoms with Crippen LogP contribution in [0.3, 0.4) is 0 Å². The first-order chi connectivity index (χ1) is 11.2. The fraction of sp³-hybridized carbons (Fsp3) is 0.588. The predicted molar refractivity (Wildman–Crippen MR) is 111 cm³/mol. The van der Waals surface area contributed by atoms with Crippen LogP contribution in [-0.4, -0.2) is 72.0 Å². The van der Waals surface area contributed by atoms with Crippen LogP contribution >= 0.6 is 24.0 Å². The SMILES string of the molecule is CN=C(NCCc1ccccc1OC)NCCN(C)CCOC.I. The van der Waals surface area contributed by atoms with Gasteiger partial charge in [-0.25, -0.2) is 0 Å². The van der Waals surface area contributed by atoms with Gasteiger partial charge in [0.05, 0.1) is 13.7 Å². The Balaban J connectivity index is 0.00000529. The van der Waals surface area contributed by atoms with Gasteiger partial charge in [0.25, 0.3) is 0 Å². The lowest BCUT2D eigenvalue weighted by Gasteiger charge is -2.18. The molecule has 0 spiro atoms. The van der Waals surface area contributed by atoms with Crippen LogP contribution in [0.2, 0.25) is 0 Å². The largest absolute Gasteiger partial charge is 0.496 e. The van der Waals surface area contributed by atoms with Crippen LogP contribution in [0.25, 0.3) is 0 Å². The Labute approximate surface area is 163 Å². The summed E-state index contributed by atoms with van der Waals surface area (Å²) >= 11 is 0. The number of aliphatic imine (C=N–C) groups is 1. The van der Waals surface area contributed by atoms with Crippen LogP contribution < -0.4 is 15.4 Å². The van der Waals surface area contributed by atoms with Gasteiger partial charge in [-0.2, -0.15) is 0 Å². The molecular formula is C17H31IN4O2. The van der Waals surface area contributed by atoms with Gasteiger partial charge < -0.3 is 25.0 Å². The summed E-state index contributed by atoms with van der Waals surface area (Å²) in [5, 5.41) is 6.64. The summed E-state index contributed by atoms with van der Waals surface area (Å²) < 4.78 is 10.4. The standard InChI is InChI=1S/C17H30N4O2.HI/c1-18-17(20-11-12-21(2)13-14-22-3)19-10-9-15-7-5-6-8-16(15)23-4;/h5-8H,9-14H2,1-4H3,(H2,18,19,20);1H. The van der Waals surface area contributed by atoms with E-state index in [1.807, 2.05) is 18.2 Å². The lowest BCUT2D eigenvalue weighted by molar-refractivity contribution is 0.162. The molecule has 0 aliphatic carbocycles. The molecule has 6 nitrogen and oxygen atoms in total. The van der Waals surface area contributed by atoms with E-state index in [4.69, 9.17) is 9.47 Å². The number of hydrogen-bond donors (Lipinski definition) is 2. The van der Waals surface area contributed by atoms with E-state index in [1.54, 1.807) is 21.3 Å². The van der Waals surface area contributed by atoms with Crippen LogP contribution in [0.1, 0.15) is 5.56 Å². The number of likely N-dealkylation sites (N-methyl/N-ethyl adjacent to an activating group) is 1. The monoisotopic (exact) mass is 450 g/mol. The minimum atomic E-state index is 0. The number of nitrogens with zero attached hydrogens (tertiary/aromatic N) is 2. The Hall–Kier alpha value is -1.06. The molecule has 0 saturated carbocycles. The van der Waals surface area contributed by atoms with E-state index >= 15 is 0 Å². The van der Waals surface area contributed by atoms with E-state index in [2.05, 4.69) is 33.6 Å². The van der Waals surface area contributed by atoms with E-state index < -0.39 is 0 Å². The highest BCUT2D eigenvalue weighted by atomic mass is 127. The molecule has 2 N–H and O–H groups in total. The number of methoxy groups -OCH3 is 2. The number of ether oxygens (including phenoxy) is 2. The molecule has 0 aliphatic rings. The van der Waals surface area contributed by atoms with Crippen molar-refractivity contribution in [2.75, 3.05) is 61.1 Å². The number of para-hydroxylation sites is 1. The Bertz CT molecular complexity index is 472. The number of rotatable bonds is 10. The van der Waals surface area contributed by atoms with Crippen molar-refractivity contribution in [3.05, 3.63) is 29.8 Å². The molecule has 0 atom stereocenters. The molecule has 0 aromatic heterocycles. The normalized spacial score (nSPS) is 11.1. The first-order valence-corrected chi connectivity index (χ1v) is 7.95. The molecule has 0 radical (unpaired) electrons. The van der Waals surface area contributed by atoms with Crippen molar-refractivity contribution in [1.82, 2.24) is 15.5 Å². The molecule has 0 aliphatic heterocycles. The Morgan fingerprint density at radius 1 is 1.12 bits per heavy atom. The van der Waals surface area contributed by atoms with Crippen LogP contribution in [0, 0.1) is 0 Å². The molecule has 0 saturated heterocycles. The van der Waals surface area contributed by atoms with Gasteiger partial charge in [-0.3, -0.25) is 4.99 Å². The van der Waals surface area contributed by atoms with Crippen molar-refractivity contribution in [3.63, 3.8) is 0 Å². The van der Waals surface area contributed by atoms with E-state index in [9.17, 15) is 0 Å². The third kappa shape index (κ3) is 9.29. The lowest BCUT2D eigenvalue weighted by Crippen LogP contribution is -2.42. The Morgan fingerprint density at radius 3 is 2.50 bits per heavy atom. The summed E-state index contributed by atoms with van der Waals surface area (Å²) in [6, 6.07) is 8.08. The summed E-state index contributed by atoms with van der Waals surface area (Å²) in [5.41, 5.74) is 1.19. The zero-order valence-electron chi connectivity index (χ0n) is 15.2. The maximum atomic E-state index is 5.36. The van der Waals surface area contributed by atoms with Crippen molar-refractivity contribution in [2.24, 2.45) is 4.99 Å². The molecule has 1 aromatic carbocycles. The first kappa shape index (κ1) is 22.9. The fourth-order valence-electron chi connectivity index (χ4n) is 2.17. The lowest BCUT2D eigenvalue weighted by atomic mass is 10.1. The highest BCUT2D eigenvalue weighted by Gasteiger charge is 2.03. The Morgan fingerprint density at radius 2 is 1.83 bits per heavy atom. The molecule has 24 heavy (non-hydrogen) atoms. The average molecular weight is 450 g/mol. The minimum absolute atomic E-state index is 0. The third-order valence-corrected chi connectivity index (χ3v) is 3.57. The highest BCUT2D eigenvalue weighted by Crippen LogP contribution is 2.17. The summed E-state index contributed by atoms with van der Waals surface area (Å²) in [6.45, 7) is 4.27. The summed E-state index contributed by atoms with van der Waals surface area (Å²) in [7, 11) is 7.29. The topological polar surface area (TPSA) is 58.1 Å². The van der Waals surface area contributed by atoms with E-state index in [-0.39, 0.29) is 24.0 Å². The smallest absolute Gasteiger partial charge is 0.191 e. The zero-order chi connectivity index (χ0) is 16.9. The van der Waals surface area contributed by atoms with Gasteiger partial charge in [0, 0.05) is 40.3 Å². The molecule has 138 valence electrons. The fourth-order valence-corrected chi connectivity index (χ4v) is 2.17.